The minimum atomic E-state index is -4.36. The molecular formula is C24H20F3NO. The fraction of sp³-hybridized carbons (Fsp3) is 0.208. The second-order valence-electron chi connectivity index (χ2n) is 7.21. The van der Waals surface area contributed by atoms with Gasteiger partial charge in [0.25, 0.3) is 0 Å². The summed E-state index contributed by atoms with van der Waals surface area (Å²) < 4.78 is 38.8. The molecule has 0 atom stereocenters. The number of carbonyl (C=O) groups excluding carboxylic acids is 1. The summed E-state index contributed by atoms with van der Waals surface area (Å²) in [6.07, 6.45) is -1.64. The number of amides is 1. The summed E-state index contributed by atoms with van der Waals surface area (Å²) in [5, 5.41) is 2.17. The van der Waals surface area contributed by atoms with Crippen LogP contribution in [0, 0.1) is 0 Å². The minimum absolute atomic E-state index is 0.0284. The Morgan fingerprint density at radius 3 is 2.48 bits per heavy atom. The quantitative estimate of drug-likeness (QED) is 0.556. The standard InChI is InChI=1S/C24H20F3NO/c25-24(26,27)21-9-4-7-19(15-21)17-11-13-28(14-12-17)23(29)16-20-8-3-6-18-5-1-2-10-22(18)20/h1-11,15H,12-14,16H2. The molecule has 3 aromatic carbocycles. The van der Waals surface area contributed by atoms with Gasteiger partial charge in [0.05, 0.1) is 12.0 Å². The molecule has 0 saturated heterocycles. The number of halogens is 3. The van der Waals surface area contributed by atoms with Crippen molar-refractivity contribution in [2.75, 3.05) is 13.1 Å². The minimum Gasteiger partial charge on any atom is -0.338 e. The van der Waals surface area contributed by atoms with Gasteiger partial charge in [-0.05, 0) is 46.0 Å². The largest absolute Gasteiger partial charge is 0.416 e. The Morgan fingerprint density at radius 1 is 0.966 bits per heavy atom. The van der Waals surface area contributed by atoms with Gasteiger partial charge in [0.1, 0.15) is 0 Å². The fourth-order valence-electron chi connectivity index (χ4n) is 3.77. The van der Waals surface area contributed by atoms with E-state index in [1.165, 1.54) is 12.1 Å². The number of hydrogen-bond acceptors (Lipinski definition) is 1. The molecule has 0 radical (unpaired) electrons. The highest BCUT2D eigenvalue weighted by Crippen LogP contribution is 2.32. The lowest BCUT2D eigenvalue weighted by Gasteiger charge is -2.27. The van der Waals surface area contributed by atoms with Gasteiger partial charge in [0.15, 0.2) is 0 Å². The van der Waals surface area contributed by atoms with Crippen molar-refractivity contribution >= 4 is 22.3 Å². The molecule has 29 heavy (non-hydrogen) atoms. The van der Waals surface area contributed by atoms with E-state index in [0.717, 1.165) is 28.0 Å². The van der Waals surface area contributed by atoms with Crippen LogP contribution >= 0.6 is 0 Å². The Morgan fingerprint density at radius 2 is 1.72 bits per heavy atom. The Balaban J connectivity index is 1.47. The number of rotatable bonds is 3. The summed E-state index contributed by atoms with van der Waals surface area (Å²) in [6, 6.07) is 19.3. The van der Waals surface area contributed by atoms with Gasteiger partial charge in [-0.3, -0.25) is 4.79 Å². The molecular weight excluding hydrogens is 375 g/mol. The van der Waals surface area contributed by atoms with Crippen LogP contribution in [0.5, 0.6) is 0 Å². The van der Waals surface area contributed by atoms with Crippen molar-refractivity contribution in [3.63, 3.8) is 0 Å². The second-order valence-corrected chi connectivity index (χ2v) is 7.21. The topological polar surface area (TPSA) is 20.3 Å². The van der Waals surface area contributed by atoms with Crippen molar-refractivity contribution in [3.8, 4) is 0 Å². The van der Waals surface area contributed by atoms with E-state index in [0.29, 0.717) is 31.5 Å². The molecule has 0 aliphatic carbocycles. The van der Waals surface area contributed by atoms with Crippen LogP contribution < -0.4 is 0 Å². The van der Waals surface area contributed by atoms with Crippen LogP contribution in [0.25, 0.3) is 16.3 Å². The lowest BCUT2D eigenvalue weighted by molar-refractivity contribution is -0.137. The first-order valence-corrected chi connectivity index (χ1v) is 9.53. The molecule has 1 amide bonds. The van der Waals surface area contributed by atoms with E-state index < -0.39 is 11.7 Å². The van der Waals surface area contributed by atoms with Crippen molar-refractivity contribution in [3.05, 3.63) is 89.5 Å². The van der Waals surface area contributed by atoms with Crippen LogP contribution in [-0.4, -0.2) is 23.9 Å². The molecule has 4 rings (SSSR count). The lowest BCUT2D eigenvalue weighted by atomic mass is 9.97. The third-order valence-corrected chi connectivity index (χ3v) is 5.34. The summed E-state index contributed by atoms with van der Waals surface area (Å²) >= 11 is 0. The summed E-state index contributed by atoms with van der Waals surface area (Å²) in [4.78, 5) is 14.6. The van der Waals surface area contributed by atoms with Gasteiger partial charge in [0, 0.05) is 13.1 Å². The molecule has 0 fully saturated rings. The smallest absolute Gasteiger partial charge is 0.338 e. The number of alkyl halides is 3. The maximum Gasteiger partial charge on any atom is 0.416 e. The van der Waals surface area contributed by atoms with Crippen LogP contribution in [0.4, 0.5) is 13.2 Å². The average molecular weight is 395 g/mol. The third kappa shape index (κ3) is 4.19. The summed E-state index contributed by atoms with van der Waals surface area (Å²) in [6.45, 7) is 0.918. The number of hydrogen-bond donors (Lipinski definition) is 0. The van der Waals surface area contributed by atoms with Crippen molar-refractivity contribution in [2.45, 2.75) is 19.0 Å². The van der Waals surface area contributed by atoms with Gasteiger partial charge in [-0.15, -0.1) is 0 Å². The summed E-state index contributed by atoms with van der Waals surface area (Å²) in [5.74, 6) is 0.0284. The molecule has 0 spiro atoms. The van der Waals surface area contributed by atoms with Gasteiger partial charge in [0.2, 0.25) is 5.91 Å². The predicted octanol–water partition coefficient (Wildman–Crippen LogP) is 5.72. The van der Waals surface area contributed by atoms with Crippen LogP contribution in [0.2, 0.25) is 0 Å². The van der Waals surface area contributed by atoms with Gasteiger partial charge in [-0.2, -0.15) is 13.2 Å². The molecule has 0 aromatic heterocycles. The molecule has 0 saturated carbocycles. The Labute approximate surface area is 167 Å². The van der Waals surface area contributed by atoms with Crippen molar-refractivity contribution in [1.29, 1.82) is 0 Å². The van der Waals surface area contributed by atoms with E-state index in [1.54, 1.807) is 11.0 Å². The first-order valence-electron chi connectivity index (χ1n) is 9.53. The van der Waals surface area contributed by atoms with E-state index in [-0.39, 0.29) is 5.91 Å². The Bertz CT molecular complexity index is 1080. The maximum atomic E-state index is 12.9. The number of nitrogens with zero attached hydrogens (tertiary/aromatic N) is 1. The number of carbonyl (C=O) groups is 1. The monoisotopic (exact) mass is 395 g/mol. The molecule has 0 bridgehead atoms. The van der Waals surface area contributed by atoms with Crippen LogP contribution in [0.1, 0.15) is 23.1 Å². The molecule has 1 heterocycles. The highest BCUT2D eigenvalue weighted by molar-refractivity contribution is 5.90. The Hall–Kier alpha value is -3.08. The van der Waals surface area contributed by atoms with E-state index in [9.17, 15) is 18.0 Å². The normalized spacial score (nSPS) is 14.7. The molecule has 0 unspecified atom stereocenters. The first kappa shape index (κ1) is 19.2. The highest BCUT2D eigenvalue weighted by atomic mass is 19.4. The molecule has 3 aromatic rings. The van der Waals surface area contributed by atoms with Crippen molar-refractivity contribution < 1.29 is 18.0 Å². The van der Waals surface area contributed by atoms with E-state index >= 15 is 0 Å². The highest BCUT2D eigenvalue weighted by Gasteiger charge is 2.30. The van der Waals surface area contributed by atoms with Gasteiger partial charge in [-0.1, -0.05) is 60.7 Å². The first-order chi connectivity index (χ1) is 13.9. The second kappa shape index (κ2) is 7.74. The van der Waals surface area contributed by atoms with Gasteiger partial charge in [-0.25, -0.2) is 0 Å². The zero-order valence-corrected chi connectivity index (χ0v) is 15.7. The fourth-order valence-corrected chi connectivity index (χ4v) is 3.77. The summed E-state index contributed by atoms with van der Waals surface area (Å²) in [5.41, 5.74) is 1.76. The molecule has 0 N–H and O–H groups in total. The SMILES string of the molecule is O=C(Cc1cccc2ccccc12)N1CC=C(c2cccc(C(F)(F)F)c2)CC1. The van der Waals surface area contributed by atoms with Crippen LogP contribution in [0.15, 0.2) is 72.8 Å². The van der Waals surface area contributed by atoms with Crippen molar-refractivity contribution in [2.24, 2.45) is 0 Å². The lowest BCUT2D eigenvalue weighted by Crippen LogP contribution is -2.35. The number of benzene rings is 3. The van der Waals surface area contributed by atoms with Gasteiger partial charge >= 0.3 is 6.18 Å². The molecule has 1 aliphatic heterocycles. The van der Waals surface area contributed by atoms with E-state index in [2.05, 4.69) is 0 Å². The van der Waals surface area contributed by atoms with Crippen LogP contribution in [0.3, 0.4) is 0 Å². The maximum absolute atomic E-state index is 12.9. The number of fused-ring (bicyclic) bond motifs is 1. The van der Waals surface area contributed by atoms with E-state index in [4.69, 9.17) is 0 Å². The zero-order valence-electron chi connectivity index (χ0n) is 15.7. The average Bonchev–Trinajstić information content (AvgIpc) is 2.73. The molecule has 148 valence electrons. The third-order valence-electron chi connectivity index (χ3n) is 5.34. The zero-order chi connectivity index (χ0) is 20.4. The Kier molecular flexibility index (Phi) is 5.14. The molecule has 2 nitrogen and oxygen atoms in total. The van der Waals surface area contributed by atoms with E-state index in [1.807, 2.05) is 48.5 Å². The van der Waals surface area contributed by atoms with Crippen molar-refractivity contribution in [1.82, 2.24) is 4.90 Å². The van der Waals surface area contributed by atoms with Crippen LogP contribution in [-0.2, 0) is 17.4 Å². The summed E-state index contributed by atoms with van der Waals surface area (Å²) in [7, 11) is 0. The molecule has 1 aliphatic rings. The predicted molar refractivity (Wildman–Crippen MR) is 108 cm³/mol. The molecule has 5 heteroatoms. The van der Waals surface area contributed by atoms with Gasteiger partial charge < -0.3 is 4.90 Å².